The number of hydrogen-bond donors (Lipinski definition) is 3. The van der Waals surface area contributed by atoms with Gasteiger partial charge in [0.2, 0.25) is 5.91 Å². The van der Waals surface area contributed by atoms with Crippen LogP contribution in [0.25, 0.3) is 0 Å². The number of carbonyl (C=O) groups excluding carboxylic acids is 2. The van der Waals surface area contributed by atoms with Crippen LogP contribution in [-0.4, -0.2) is 29.3 Å². The van der Waals surface area contributed by atoms with Gasteiger partial charge in [-0.05, 0) is 57.7 Å². The number of aliphatic hydroxyl groups excluding tert-OH is 1. The number of alkyl carbamates (subject to hydrolysis) is 1. The maximum Gasteiger partial charge on any atom is 0.407 e. The topological polar surface area (TPSA) is 87.7 Å². The van der Waals surface area contributed by atoms with Crippen molar-refractivity contribution < 1.29 is 19.4 Å². The quantitative estimate of drug-likeness (QED) is 0.443. The summed E-state index contributed by atoms with van der Waals surface area (Å²) in [7, 11) is 0. The van der Waals surface area contributed by atoms with Crippen LogP contribution in [0.15, 0.2) is 24.3 Å². The van der Waals surface area contributed by atoms with Crippen LogP contribution in [0.1, 0.15) is 92.2 Å². The third-order valence-electron chi connectivity index (χ3n) is 4.39. The van der Waals surface area contributed by atoms with E-state index in [4.69, 9.17) is 4.74 Å². The Morgan fingerprint density at radius 2 is 1.80 bits per heavy atom. The molecule has 0 aliphatic rings. The second kappa shape index (κ2) is 14.8. The number of carbonyl (C=O) groups is 2. The zero-order chi connectivity index (χ0) is 23.2. The minimum Gasteiger partial charge on any atom is -0.444 e. The number of benzene rings is 1. The summed E-state index contributed by atoms with van der Waals surface area (Å²) in [4.78, 5) is 24.1. The van der Waals surface area contributed by atoms with E-state index in [0.29, 0.717) is 24.2 Å². The highest BCUT2D eigenvalue weighted by atomic mass is 16.6. The van der Waals surface area contributed by atoms with Crippen molar-refractivity contribution in [2.45, 2.75) is 92.3 Å². The standard InChI is InChI=1S/C22H36N2O4.C2H6/c1-6-8-10-16(7-2)20(26)24-18-12-9-11-17(15-18)19(25)13-14-23-21(27)28-22(3,4)5;1-2/h9,11-12,15-16,19,25H,6-8,10,13-14H2,1-5H3,(H,23,27)(H,24,26);1-2H3. The number of hydrogen-bond acceptors (Lipinski definition) is 4. The third kappa shape index (κ3) is 11.8. The molecule has 0 bridgehead atoms. The molecule has 0 fully saturated rings. The van der Waals surface area contributed by atoms with Gasteiger partial charge in [-0.25, -0.2) is 4.79 Å². The lowest BCUT2D eigenvalue weighted by Crippen LogP contribution is -2.33. The van der Waals surface area contributed by atoms with E-state index < -0.39 is 17.8 Å². The molecule has 0 aromatic heterocycles. The first-order valence-electron chi connectivity index (χ1n) is 11.2. The number of ether oxygens (including phenoxy) is 1. The molecule has 0 aliphatic carbocycles. The molecule has 1 rings (SSSR count). The maximum atomic E-state index is 12.5. The predicted molar refractivity (Wildman–Crippen MR) is 124 cm³/mol. The van der Waals surface area contributed by atoms with Crippen molar-refractivity contribution in [2.75, 3.05) is 11.9 Å². The van der Waals surface area contributed by atoms with Crippen LogP contribution < -0.4 is 10.6 Å². The highest BCUT2D eigenvalue weighted by molar-refractivity contribution is 5.92. The molecule has 172 valence electrons. The summed E-state index contributed by atoms with van der Waals surface area (Å²) in [6.45, 7) is 13.8. The van der Waals surface area contributed by atoms with Gasteiger partial charge < -0.3 is 20.5 Å². The number of rotatable bonds is 10. The summed E-state index contributed by atoms with van der Waals surface area (Å²) in [5.41, 5.74) is 0.824. The summed E-state index contributed by atoms with van der Waals surface area (Å²) in [6.07, 6.45) is 2.91. The molecule has 1 aromatic rings. The van der Waals surface area contributed by atoms with Gasteiger partial charge in [0.25, 0.3) is 0 Å². The second-order valence-corrected chi connectivity index (χ2v) is 8.10. The van der Waals surface area contributed by atoms with E-state index in [0.717, 1.165) is 25.7 Å². The van der Waals surface area contributed by atoms with Crippen LogP contribution in [0.3, 0.4) is 0 Å². The van der Waals surface area contributed by atoms with Crippen LogP contribution in [0.4, 0.5) is 10.5 Å². The highest BCUT2D eigenvalue weighted by Crippen LogP contribution is 2.22. The second-order valence-electron chi connectivity index (χ2n) is 8.10. The summed E-state index contributed by atoms with van der Waals surface area (Å²) in [5.74, 6) is 0.0285. The fraction of sp³-hybridized carbons (Fsp3) is 0.667. The molecule has 6 nitrogen and oxygen atoms in total. The van der Waals surface area contributed by atoms with E-state index in [9.17, 15) is 14.7 Å². The third-order valence-corrected chi connectivity index (χ3v) is 4.39. The highest BCUT2D eigenvalue weighted by Gasteiger charge is 2.18. The molecule has 6 heteroatoms. The van der Waals surface area contributed by atoms with Gasteiger partial charge in [-0.3, -0.25) is 4.79 Å². The molecule has 0 saturated carbocycles. The fourth-order valence-electron chi connectivity index (χ4n) is 2.83. The first-order valence-corrected chi connectivity index (χ1v) is 11.2. The molecule has 0 spiro atoms. The average Bonchev–Trinajstić information content (AvgIpc) is 2.69. The SMILES string of the molecule is CC.CCCCC(CC)C(=O)Nc1cccc(C(O)CCNC(=O)OC(C)(C)C)c1. The summed E-state index contributed by atoms with van der Waals surface area (Å²) < 4.78 is 5.17. The van der Waals surface area contributed by atoms with Crippen molar-refractivity contribution in [2.24, 2.45) is 5.92 Å². The van der Waals surface area contributed by atoms with Crippen LogP contribution in [-0.2, 0) is 9.53 Å². The molecule has 3 N–H and O–H groups in total. The lowest BCUT2D eigenvalue weighted by atomic mass is 9.98. The molecular formula is C24H42N2O4. The van der Waals surface area contributed by atoms with Crippen LogP contribution in [0.5, 0.6) is 0 Å². The zero-order valence-corrected chi connectivity index (χ0v) is 19.9. The summed E-state index contributed by atoms with van der Waals surface area (Å²) >= 11 is 0. The van der Waals surface area contributed by atoms with Gasteiger partial charge in [0, 0.05) is 18.2 Å². The minimum absolute atomic E-state index is 0.00607. The average molecular weight is 423 g/mol. The van der Waals surface area contributed by atoms with E-state index in [1.807, 2.05) is 39.0 Å². The number of anilines is 1. The van der Waals surface area contributed by atoms with Crippen molar-refractivity contribution in [3.05, 3.63) is 29.8 Å². The first kappa shape index (κ1) is 27.9. The van der Waals surface area contributed by atoms with Gasteiger partial charge in [-0.15, -0.1) is 0 Å². The lowest BCUT2D eigenvalue weighted by molar-refractivity contribution is -0.120. The summed E-state index contributed by atoms with van der Waals surface area (Å²) in [6, 6.07) is 7.22. The van der Waals surface area contributed by atoms with Crippen molar-refractivity contribution in [3.63, 3.8) is 0 Å². The van der Waals surface area contributed by atoms with Gasteiger partial charge in [-0.1, -0.05) is 52.7 Å². The molecule has 0 saturated heterocycles. The van der Waals surface area contributed by atoms with E-state index >= 15 is 0 Å². The molecule has 2 amide bonds. The molecular weight excluding hydrogens is 380 g/mol. The molecule has 0 aliphatic heterocycles. The Balaban J connectivity index is 0.00000407. The largest absolute Gasteiger partial charge is 0.444 e. The van der Waals surface area contributed by atoms with Gasteiger partial charge >= 0.3 is 6.09 Å². The normalized spacial score (nSPS) is 12.8. The number of amides is 2. The Morgan fingerprint density at radius 3 is 2.37 bits per heavy atom. The smallest absolute Gasteiger partial charge is 0.407 e. The molecule has 30 heavy (non-hydrogen) atoms. The van der Waals surface area contributed by atoms with Crippen molar-refractivity contribution in [3.8, 4) is 0 Å². The van der Waals surface area contributed by atoms with Gasteiger partial charge in [0.1, 0.15) is 5.60 Å². The summed E-state index contributed by atoms with van der Waals surface area (Å²) in [5, 5.41) is 16.0. The number of nitrogens with one attached hydrogen (secondary N) is 2. The molecule has 2 atom stereocenters. The van der Waals surface area contributed by atoms with Gasteiger partial charge in [0.05, 0.1) is 6.10 Å². The van der Waals surface area contributed by atoms with Gasteiger partial charge in [-0.2, -0.15) is 0 Å². The van der Waals surface area contributed by atoms with Crippen LogP contribution in [0.2, 0.25) is 0 Å². The minimum atomic E-state index is -0.742. The molecule has 2 unspecified atom stereocenters. The first-order chi connectivity index (χ1) is 14.2. The molecule has 0 radical (unpaired) electrons. The van der Waals surface area contributed by atoms with E-state index in [2.05, 4.69) is 17.6 Å². The Hall–Kier alpha value is -2.08. The zero-order valence-electron chi connectivity index (χ0n) is 19.9. The maximum absolute atomic E-state index is 12.5. The Bertz CT molecular complexity index is 626. The number of aliphatic hydroxyl groups is 1. The van der Waals surface area contributed by atoms with E-state index in [-0.39, 0.29) is 11.8 Å². The van der Waals surface area contributed by atoms with E-state index in [1.54, 1.807) is 26.8 Å². The van der Waals surface area contributed by atoms with Crippen molar-refractivity contribution in [1.29, 1.82) is 0 Å². The van der Waals surface area contributed by atoms with Gasteiger partial charge in [0.15, 0.2) is 0 Å². The van der Waals surface area contributed by atoms with Crippen molar-refractivity contribution >= 4 is 17.7 Å². The lowest BCUT2D eigenvalue weighted by Gasteiger charge is -2.20. The Kier molecular flexibility index (Phi) is 13.8. The van der Waals surface area contributed by atoms with E-state index in [1.165, 1.54) is 0 Å². The van der Waals surface area contributed by atoms with Crippen molar-refractivity contribution in [1.82, 2.24) is 5.32 Å². The molecule has 1 aromatic carbocycles. The molecule has 0 heterocycles. The van der Waals surface area contributed by atoms with Crippen LogP contribution in [0, 0.1) is 5.92 Å². The fourth-order valence-corrected chi connectivity index (χ4v) is 2.83. The Morgan fingerprint density at radius 1 is 1.13 bits per heavy atom. The number of unbranched alkanes of at least 4 members (excludes halogenated alkanes) is 1. The van der Waals surface area contributed by atoms with Crippen LogP contribution >= 0.6 is 0 Å². The monoisotopic (exact) mass is 422 g/mol. The Labute approximate surface area is 182 Å². The predicted octanol–water partition coefficient (Wildman–Crippen LogP) is 5.82.